The highest BCUT2D eigenvalue weighted by molar-refractivity contribution is 6.32. The van der Waals surface area contributed by atoms with E-state index in [2.05, 4.69) is 10.3 Å². The molecule has 3 nitrogen and oxygen atoms in total. The number of nitrogens with one attached hydrogen (secondary N) is 1. The van der Waals surface area contributed by atoms with E-state index < -0.39 is 11.7 Å². The number of ether oxygens (including phenoxy) is 1. The summed E-state index contributed by atoms with van der Waals surface area (Å²) in [5, 5.41) is 2.92. The molecule has 20 heavy (non-hydrogen) atoms. The zero-order chi connectivity index (χ0) is 14.6. The third kappa shape index (κ3) is 4.24. The smallest absolute Gasteiger partial charge is 0.378 e. The van der Waals surface area contributed by atoms with Crippen LogP contribution in [0.15, 0.2) is 12.3 Å². The molecule has 0 spiro atoms. The quantitative estimate of drug-likeness (QED) is 0.908. The average Bonchev–Trinajstić information content (AvgIpc) is 2.40. The highest BCUT2D eigenvalue weighted by Gasteiger charge is 2.31. The van der Waals surface area contributed by atoms with Crippen LogP contribution in [0.4, 0.5) is 19.0 Å². The standard InChI is InChI=1S/C13H16ClF3N2O/c14-11-7-9(13(15,16)17)8-19-12(11)18-5-4-10-3-1-2-6-20-10/h7-8,10H,1-6H2,(H,18,19). The normalized spacial score (nSPS) is 19.9. The van der Waals surface area contributed by atoms with E-state index >= 15 is 0 Å². The number of hydrogen-bond acceptors (Lipinski definition) is 3. The SMILES string of the molecule is FC(F)(F)c1cnc(NCCC2CCCCO2)c(Cl)c1. The first-order valence-corrected chi connectivity index (χ1v) is 6.93. The van der Waals surface area contributed by atoms with Crippen molar-refractivity contribution in [1.29, 1.82) is 0 Å². The van der Waals surface area contributed by atoms with Gasteiger partial charge in [0.2, 0.25) is 0 Å². The first kappa shape index (κ1) is 15.4. The molecular weight excluding hydrogens is 293 g/mol. The predicted octanol–water partition coefficient (Wildman–Crippen LogP) is 4.12. The Balaban J connectivity index is 1.86. The number of nitrogens with zero attached hydrogens (tertiary/aromatic N) is 1. The van der Waals surface area contributed by atoms with Crippen molar-refractivity contribution in [3.8, 4) is 0 Å². The minimum Gasteiger partial charge on any atom is -0.378 e. The van der Waals surface area contributed by atoms with Crippen LogP contribution in [0.5, 0.6) is 0 Å². The molecule has 1 N–H and O–H groups in total. The molecule has 0 saturated carbocycles. The summed E-state index contributed by atoms with van der Waals surface area (Å²) in [5.41, 5.74) is -0.844. The minimum atomic E-state index is -4.43. The van der Waals surface area contributed by atoms with Crippen molar-refractivity contribution in [2.75, 3.05) is 18.5 Å². The molecule has 1 saturated heterocycles. The van der Waals surface area contributed by atoms with Gasteiger partial charge in [0.05, 0.1) is 16.7 Å². The van der Waals surface area contributed by atoms with Crippen molar-refractivity contribution < 1.29 is 17.9 Å². The summed E-state index contributed by atoms with van der Waals surface area (Å²) in [6.07, 6.45) is 0.635. The van der Waals surface area contributed by atoms with E-state index in [0.29, 0.717) is 6.54 Å². The van der Waals surface area contributed by atoms with E-state index in [0.717, 1.165) is 44.6 Å². The van der Waals surface area contributed by atoms with Gasteiger partial charge in [0.25, 0.3) is 0 Å². The molecular formula is C13H16ClF3N2O. The Kier molecular flexibility index (Phi) is 5.10. The number of aromatic nitrogens is 1. The summed E-state index contributed by atoms with van der Waals surface area (Å²) in [4.78, 5) is 3.72. The summed E-state index contributed by atoms with van der Waals surface area (Å²) >= 11 is 5.80. The van der Waals surface area contributed by atoms with E-state index in [-0.39, 0.29) is 16.9 Å². The van der Waals surface area contributed by atoms with Gasteiger partial charge in [-0.05, 0) is 31.7 Å². The number of pyridine rings is 1. The first-order chi connectivity index (χ1) is 9.47. The fraction of sp³-hybridized carbons (Fsp3) is 0.615. The van der Waals surface area contributed by atoms with Crippen LogP contribution >= 0.6 is 11.6 Å². The van der Waals surface area contributed by atoms with Gasteiger partial charge in [-0.25, -0.2) is 4.98 Å². The molecule has 7 heteroatoms. The molecule has 1 aromatic heterocycles. The topological polar surface area (TPSA) is 34.2 Å². The Morgan fingerprint density at radius 3 is 2.80 bits per heavy atom. The molecule has 1 aromatic rings. The van der Waals surface area contributed by atoms with Crippen molar-refractivity contribution in [3.63, 3.8) is 0 Å². The van der Waals surface area contributed by atoms with Crippen LogP contribution in [0, 0.1) is 0 Å². The number of alkyl halides is 3. The van der Waals surface area contributed by atoms with Crippen molar-refractivity contribution >= 4 is 17.4 Å². The Labute approximate surface area is 120 Å². The fourth-order valence-corrected chi connectivity index (χ4v) is 2.34. The highest BCUT2D eigenvalue weighted by atomic mass is 35.5. The van der Waals surface area contributed by atoms with Crippen molar-refractivity contribution in [1.82, 2.24) is 4.98 Å². The van der Waals surface area contributed by atoms with Gasteiger partial charge >= 0.3 is 6.18 Å². The molecule has 0 amide bonds. The van der Waals surface area contributed by atoms with Gasteiger partial charge in [-0.2, -0.15) is 13.2 Å². The van der Waals surface area contributed by atoms with E-state index in [1.165, 1.54) is 0 Å². The molecule has 0 radical (unpaired) electrons. The fourth-order valence-electron chi connectivity index (χ4n) is 2.11. The molecule has 1 aliphatic rings. The monoisotopic (exact) mass is 308 g/mol. The maximum Gasteiger partial charge on any atom is 0.417 e. The van der Waals surface area contributed by atoms with Crippen LogP contribution in [0.2, 0.25) is 5.02 Å². The molecule has 112 valence electrons. The predicted molar refractivity (Wildman–Crippen MR) is 70.9 cm³/mol. The number of hydrogen-bond donors (Lipinski definition) is 1. The lowest BCUT2D eigenvalue weighted by Crippen LogP contribution is -2.22. The third-order valence-electron chi connectivity index (χ3n) is 3.20. The summed E-state index contributed by atoms with van der Waals surface area (Å²) < 4.78 is 42.9. The third-order valence-corrected chi connectivity index (χ3v) is 3.49. The molecule has 0 aliphatic carbocycles. The second kappa shape index (κ2) is 6.63. The largest absolute Gasteiger partial charge is 0.417 e. The summed E-state index contributed by atoms with van der Waals surface area (Å²) in [6, 6.07) is 0.883. The maximum absolute atomic E-state index is 12.5. The Hall–Kier alpha value is -1.01. The number of rotatable bonds is 4. The maximum atomic E-state index is 12.5. The van der Waals surface area contributed by atoms with Crippen LogP contribution < -0.4 is 5.32 Å². The molecule has 0 bridgehead atoms. The first-order valence-electron chi connectivity index (χ1n) is 6.55. The zero-order valence-electron chi connectivity index (χ0n) is 10.8. The minimum absolute atomic E-state index is 0.0237. The van der Waals surface area contributed by atoms with E-state index in [1.54, 1.807) is 0 Å². The molecule has 0 aromatic carbocycles. The highest BCUT2D eigenvalue weighted by Crippen LogP contribution is 2.32. The molecule has 1 unspecified atom stereocenters. The van der Waals surface area contributed by atoms with Crippen LogP contribution in [-0.2, 0) is 10.9 Å². The van der Waals surface area contributed by atoms with Gasteiger partial charge in [0.1, 0.15) is 5.82 Å². The number of halogens is 4. The van der Waals surface area contributed by atoms with Crippen molar-refractivity contribution in [2.45, 2.75) is 38.0 Å². The number of anilines is 1. The van der Waals surface area contributed by atoms with Crippen LogP contribution in [0.1, 0.15) is 31.2 Å². The Morgan fingerprint density at radius 1 is 1.40 bits per heavy atom. The zero-order valence-corrected chi connectivity index (χ0v) is 11.6. The Bertz CT molecular complexity index is 448. The molecule has 1 atom stereocenters. The van der Waals surface area contributed by atoms with Gasteiger partial charge in [-0.15, -0.1) is 0 Å². The van der Waals surface area contributed by atoms with Crippen LogP contribution in [-0.4, -0.2) is 24.2 Å². The van der Waals surface area contributed by atoms with Gasteiger partial charge < -0.3 is 10.1 Å². The lowest BCUT2D eigenvalue weighted by Gasteiger charge is -2.22. The summed E-state index contributed by atoms with van der Waals surface area (Å²) in [7, 11) is 0. The van der Waals surface area contributed by atoms with Crippen LogP contribution in [0.25, 0.3) is 0 Å². The molecule has 1 fully saturated rings. The second-order valence-corrected chi connectivity index (χ2v) is 5.16. The Morgan fingerprint density at radius 2 is 2.20 bits per heavy atom. The summed E-state index contributed by atoms with van der Waals surface area (Å²) in [5.74, 6) is 0.274. The van der Waals surface area contributed by atoms with Gasteiger partial charge in [0.15, 0.2) is 0 Å². The second-order valence-electron chi connectivity index (χ2n) is 4.76. The van der Waals surface area contributed by atoms with Crippen LogP contribution in [0.3, 0.4) is 0 Å². The van der Waals surface area contributed by atoms with E-state index in [4.69, 9.17) is 16.3 Å². The van der Waals surface area contributed by atoms with Gasteiger partial charge in [-0.3, -0.25) is 0 Å². The lowest BCUT2D eigenvalue weighted by atomic mass is 10.1. The van der Waals surface area contributed by atoms with E-state index in [1.807, 2.05) is 0 Å². The lowest BCUT2D eigenvalue weighted by molar-refractivity contribution is -0.137. The van der Waals surface area contributed by atoms with Crippen molar-refractivity contribution in [3.05, 3.63) is 22.8 Å². The summed E-state index contributed by atoms with van der Waals surface area (Å²) in [6.45, 7) is 1.35. The molecule has 2 heterocycles. The van der Waals surface area contributed by atoms with Gasteiger partial charge in [0, 0.05) is 19.3 Å². The molecule has 1 aliphatic heterocycles. The van der Waals surface area contributed by atoms with Crippen molar-refractivity contribution in [2.24, 2.45) is 0 Å². The average molecular weight is 309 g/mol. The van der Waals surface area contributed by atoms with E-state index in [9.17, 15) is 13.2 Å². The van der Waals surface area contributed by atoms with Gasteiger partial charge in [-0.1, -0.05) is 11.6 Å². The molecule has 2 rings (SSSR count).